The van der Waals surface area contributed by atoms with Gasteiger partial charge in [-0.15, -0.1) is 0 Å². The van der Waals surface area contributed by atoms with E-state index in [1.165, 1.54) is 6.07 Å². The van der Waals surface area contributed by atoms with Gasteiger partial charge < -0.3 is 4.90 Å². The Balaban J connectivity index is 2.32. The molecule has 0 radical (unpaired) electrons. The number of benzene rings is 1. The number of carbonyl (C=O) groups is 1. The van der Waals surface area contributed by atoms with Gasteiger partial charge in [0.15, 0.2) is 0 Å². The number of nitrogens with zero attached hydrogens (tertiary/aromatic N) is 1. The van der Waals surface area contributed by atoms with E-state index in [9.17, 15) is 9.18 Å². The van der Waals surface area contributed by atoms with Crippen molar-refractivity contribution in [3.05, 3.63) is 35.6 Å². The largest absolute Gasteiger partial charge is 0.321 e. The van der Waals surface area contributed by atoms with Crippen molar-refractivity contribution in [3.63, 3.8) is 0 Å². The molecule has 2 rings (SSSR count). The minimum Gasteiger partial charge on any atom is -0.321 e. The average Bonchev–Trinajstić information content (AvgIpc) is 2.70. The molecular weight excluding hydrogens is 267 g/mol. The second kappa shape index (κ2) is 6.14. The van der Waals surface area contributed by atoms with Crippen LogP contribution in [0.4, 0.5) is 4.39 Å². The van der Waals surface area contributed by atoms with E-state index >= 15 is 0 Å². The van der Waals surface area contributed by atoms with Crippen LogP contribution in [0.3, 0.4) is 0 Å². The third-order valence-corrected chi connectivity index (χ3v) is 4.35. The van der Waals surface area contributed by atoms with Crippen LogP contribution in [0, 0.1) is 11.7 Å². The molecule has 0 aliphatic carbocycles. The predicted molar refractivity (Wildman–Crippen MR) is 82.1 cm³/mol. The third kappa shape index (κ3) is 3.10. The average molecular weight is 292 g/mol. The zero-order valence-corrected chi connectivity index (χ0v) is 13.3. The lowest BCUT2D eigenvalue weighted by atomic mass is 9.99. The third-order valence-electron chi connectivity index (χ3n) is 4.35. The summed E-state index contributed by atoms with van der Waals surface area (Å²) in [5.74, 6) is 0.309. The van der Waals surface area contributed by atoms with Crippen molar-refractivity contribution in [1.82, 2.24) is 10.2 Å². The fourth-order valence-electron chi connectivity index (χ4n) is 2.70. The lowest BCUT2D eigenvalue weighted by molar-refractivity contribution is -0.133. The highest BCUT2D eigenvalue weighted by Crippen LogP contribution is 2.34. The first-order chi connectivity index (χ1) is 9.89. The molecule has 0 saturated carbocycles. The molecule has 21 heavy (non-hydrogen) atoms. The predicted octanol–water partition coefficient (Wildman–Crippen LogP) is 3.47. The van der Waals surface area contributed by atoms with Gasteiger partial charge in [-0.2, -0.15) is 0 Å². The standard InChI is InChI=1S/C17H25FN2O/c1-5-17(4)16(21)20(11-10-12(2)3)15(19-17)13-8-6-7-9-14(13)18/h6-9,12,15,19H,5,10-11H2,1-4H3. The zero-order chi connectivity index (χ0) is 15.6. The molecule has 1 heterocycles. The maximum absolute atomic E-state index is 14.1. The van der Waals surface area contributed by atoms with Crippen molar-refractivity contribution in [1.29, 1.82) is 0 Å². The van der Waals surface area contributed by atoms with Crippen molar-refractivity contribution in [2.45, 2.75) is 52.2 Å². The summed E-state index contributed by atoms with van der Waals surface area (Å²) in [6.45, 7) is 8.79. The summed E-state index contributed by atoms with van der Waals surface area (Å²) in [7, 11) is 0. The molecule has 1 N–H and O–H groups in total. The molecule has 2 unspecified atom stereocenters. The van der Waals surface area contributed by atoms with Crippen LogP contribution in [0.1, 0.15) is 52.3 Å². The molecule has 4 heteroatoms. The maximum Gasteiger partial charge on any atom is 0.244 e. The van der Waals surface area contributed by atoms with Gasteiger partial charge in [-0.1, -0.05) is 39.0 Å². The summed E-state index contributed by atoms with van der Waals surface area (Å²) in [4.78, 5) is 14.5. The minimum absolute atomic E-state index is 0.0684. The number of amides is 1. The maximum atomic E-state index is 14.1. The smallest absolute Gasteiger partial charge is 0.244 e. The van der Waals surface area contributed by atoms with Crippen LogP contribution >= 0.6 is 0 Å². The summed E-state index contributed by atoms with van der Waals surface area (Å²) < 4.78 is 14.1. The first-order valence-corrected chi connectivity index (χ1v) is 7.72. The van der Waals surface area contributed by atoms with E-state index < -0.39 is 5.54 Å². The number of rotatable bonds is 5. The molecular formula is C17H25FN2O. The second-order valence-electron chi connectivity index (χ2n) is 6.44. The molecule has 116 valence electrons. The number of carbonyl (C=O) groups excluding carboxylic acids is 1. The molecule has 1 saturated heterocycles. The fourth-order valence-corrected chi connectivity index (χ4v) is 2.70. The summed E-state index contributed by atoms with van der Waals surface area (Å²) in [5.41, 5.74) is -0.0593. The summed E-state index contributed by atoms with van der Waals surface area (Å²) in [6, 6.07) is 6.69. The molecule has 1 aromatic rings. The molecule has 1 aliphatic rings. The van der Waals surface area contributed by atoms with Crippen molar-refractivity contribution in [2.24, 2.45) is 5.92 Å². The number of nitrogens with one attached hydrogen (secondary N) is 1. The summed E-state index contributed by atoms with van der Waals surface area (Å²) in [5, 5.41) is 3.33. The minimum atomic E-state index is -0.607. The Bertz CT molecular complexity index is 517. The van der Waals surface area contributed by atoms with Crippen LogP contribution in [0.25, 0.3) is 0 Å². The molecule has 1 aliphatic heterocycles. The SMILES string of the molecule is CCC1(C)NC(c2ccccc2F)N(CCC(C)C)C1=O. The van der Waals surface area contributed by atoms with E-state index in [0.717, 1.165) is 6.42 Å². The molecule has 2 atom stereocenters. The topological polar surface area (TPSA) is 32.3 Å². The van der Waals surface area contributed by atoms with Crippen LogP contribution < -0.4 is 5.32 Å². The van der Waals surface area contributed by atoms with Crippen molar-refractivity contribution in [2.75, 3.05) is 6.54 Å². The lowest BCUT2D eigenvalue weighted by Crippen LogP contribution is -2.43. The van der Waals surface area contributed by atoms with Gasteiger partial charge in [0.2, 0.25) is 5.91 Å². The van der Waals surface area contributed by atoms with Crippen molar-refractivity contribution in [3.8, 4) is 0 Å². The van der Waals surface area contributed by atoms with Gasteiger partial charge in [-0.25, -0.2) is 4.39 Å². The fraction of sp³-hybridized carbons (Fsp3) is 0.588. The van der Waals surface area contributed by atoms with Gasteiger partial charge in [-0.3, -0.25) is 10.1 Å². The number of hydrogen-bond acceptors (Lipinski definition) is 2. The van der Waals surface area contributed by atoms with Crippen LogP contribution in [-0.2, 0) is 4.79 Å². The van der Waals surface area contributed by atoms with Crippen LogP contribution in [-0.4, -0.2) is 22.9 Å². The van der Waals surface area contributed by atoms with E-state index in [4.69, 9.17) is 0 Å². The van der Waals surface area contributed by atoms with Gasteiger partial charge in [0.25, 0.3) is 0 Å². The van der Waals surface area contributed by atoms with Gasteiger partial charge in [0.05, 0.1) is 5.54 Å². The zero-order valence-electron chi connectivity index (χ0n) is 13.3. The van der Waals surface area contributed by atoms with Gasteiger partial charge in [0.1, 0.15) is 12.0 Å². The Morgan fingerprint density at radius 1 is 1.38 bits per heavy atom. The quantitative estimate of drug-likeness (QED) is 0.901. The molecule has 1 fully saturated rings. The van der Waals surface area contributed by atoms with E-state index in [0.29, 0.717) is 24.4 Å². The molecule has 0 bridgehead atoms. The molecule has 1 amide bonds. The normalized spacial score (nSPS) is 25.9. The van der Waals surface area contributed by atoms with E-state index in [1.807, 2.05) is 19.9 Å². The Kier molecular flexibility index (Phi) is 4.67. The van der Waals surface area contributed by atoms with Crippen LogP contribution in [0.5, 0.6) is 0 Å². The highest BCUT2D eigenvalue weighted by molar-refractivity contribution is 5.88. The summed E-state index contributed by atoms with van der Waals surface area (Å²) in [6.07, 6.45) is 1.23. The van der Waals surface area contributed by atoms with Gasteiger partial charge >= 0.3 is 0 Å². The van der Waals surface area contributed by atoms with Gasteiger partial charge in [-0.05, 0) is 31.7 Å². The second-order valence-corrected chi connectivity index (χ2v) is 6.44. The Morgan fingerprint density at radius 3 is 2.62 bits per heavy atom. The highest BCUT2D eigenvalue weighted by Gasteiger charge is 2.47. The van der Waals surface area contributed by atoms with E-state index in [2.05, 4.69) is 19.2 Å². The Morgan fingerprint density at radius 2 is 2.05 bits per heavy atom. The molecule has 1 aromatic carbocycles. The van der Waals surface area contributed by atoms with Crippen molar-refractivity contribution >= 4 is 5.91 Å². The van der Waals surface area contributed by atoms with E-state index in [1.54, 1.807) is 17.0 Å². The Hall–Kier alpha value is -1.42. The molecule has 3 nitrogen and oxygen atoms in total. The van der Waals surface area contributed by atoms with Crippen LogP contribution in [0.15, 0.2) is 24.3 Å². The van der Waals surface area contributed by atoms with E-state index in [-0.39, 0.29) is 17.9 Å². The highest BCUT2D eigenvalue weighted by atomic mass is 19.1. The van der Waals surface area contributed by atoms with Crippen LogP contribution in [0.2, 0.25) is 0 Å². The monoisotopic (exact) mass is 292 g/mol. The van der Waals surface area contributed by atoms with Gasteiger partial charge in [0, 0.05) is 12.1 Å². The number of halogens is 1. The Labute approximate surface area is 126 Å². The first-order valence-electron chi connectivity index (χ1n) is 7.72. The summed E-state index contributed by atoms with van der Waals surface area (Å²) >= 11 is 0. The number of hydrogen-bond donors (Lipinski definition) is 1. The van der Waals surface area contributed by atoms with Crippen molar-refractivity contribution < 1.29 is 9.18 Å². The molecule has 0 aromatic heterocycles. The first kappa shape index (κ1) is 16.0. The molecule has 0 spiro atoms. The lowest BCUT2D eigenvalue weighted by Gasteiger charge is -2.25.